The van der Waals surface area contributed by atoms with Crippen molar-refractivity contribution in [1.29, 1.82) is 0 Å². The van der Waals surface area contributed by atoms with Crippen molar-refractivity contribution in [3.05, 3.63) is 11.7 Å². The lowest BCUT2D eigenvalue weighted by Crippen LogP contribution is -2.35. The van der Waals surface area contributed by atoms with Crippen molar-refractivity contribution in [2.24, 2.45) is 5.92 Å². The van der Waals surface area contributed by atoms with Crippen LogP contribution in [0.15, 0.2) is 9.68 Å². The summed E-state index contributed by atoms with van der Waals surface area (Å²) in [7, 11) is 0. The number of thioether (sulfide) groups is 1. The van der Waals surface area contributed by atoms with Crippen molar-refractivity contribution in [3.8, 4) is 0 Å². The molecule has 8 nitrogen and oxygen atoms in total. The molecule has 0 N–H and O–H groups in total. The van der Waals surface area contributed by atoms with Gasteiger partial charge in [0, 0.05) is 25.6 Å². The molecular formula is C20H30N6O2S. The molecule has 0 radical (unpaired) electrons. The number of rotatable bonds is 7. The fraction of sp³-hybridized carbons (Fsp3) is 0.800. The second-order valence-electron chi connectivity index (χ2n) is 8.72. The third-order valence-corrected chi connectivity index (χ3v) is 7.27. The number of hydrogen-bond donors (Lipinski definition) is 0. The number of ether oxygens (including phenoxy) is 1. The highest BCUT2D eigenvalue weighted by atomic mass is 32.2. The average Bonchev–Trinajstić information content (AvgIpc) is 3.11. The van der Waals surface area contributed by atoms with Crippen LogP contribution in [0.4, 0.5) is 5.95 Å². The topological polar surface area (TPSA) is 82.1 Å². The first kappa shape index (κ1) is 19.4. The Labute approximate surface area is 175 Å². The van der Waals surface area contributed by atoms with Crippen molar-refractivity contribution >= 4 is 17.7 Å². The fourth-order valence-electron chi connectivity index (χ4n) is 4.09. The van der Waals surface area contributed by atoms with Gasteiger partial charge in [-0.15, -0.1) is 10.2 Å². The minimum absolute atomic E-state index is 0.0386. The second-order valence-corrected chi connectivity index (χ2v) is 10.0. The standard InChI is InChI=1S/C20H30N6O2S/c1-13-7-9-25(10-8-13)19-22-23-20(26(19)12-16-4-3-11-27-16)29-14(2)18-21-17(24-28-18)15-5-6-15/h13-16H,3-12H2,1-2H3. The van der Waals surface area contributed by atoms with E-state index in [1.54, 1.807) is 11.8 Å². The van der Waals surface area contributed by atoms with Crippen LogP contribution in [0.1, 0.15) is 75.3 Å². The molecule has 29 heavy (non-hydrogen) atoms. The number of piperidine rings is 1. The Kier molecular flexibility index (Phi) is 5.51. The normalized spacial score (nSPS) is 24.3. The van der Waals surface area contributed by atoms with Crippen LogP contribution in [0.2, 0.25) is 0 Å². The zero-order valence-electron chi connectivity index (χ0n) is 17.3. The number of anilines is 1. The third-order valence-electron chi connectivity index (χ3n) is 6.20. The maximum absolute atomic E-state index is 5.92. The molecule has 2 saturated heterocycles. The van der Waals surface area contributed by atoms with Crippen molar-refractivity contribution in [3.63, 3.8) is 0 Å². The summed E-state index contributed by atoms with van der Waals surface area (Å²) in [4.78, 5) is 7.00. The Bertz CT molecular complexity index is 821. The van der Waals surface area contributed by atoms with Gasteiger partial charge in [-0.05, 0) is 51.4 Å². The van der Waals surface area contributed by atoms with E-state index in [0.717, 1.165) is 61.9 Å². The van der Waals surface area contributed by atoms with E-state index in [9.17, 15) is 0 Å². The highest BCUT2D eigenvalue weighted by molar-refractivity contribution is 7.99. The van der Waals surface area contributed by atoms with Gasteiger partial charge in [-0.1, -0.05) is 23.8 Å². The second kappa shape index (κ2) is 8.26. The Morgan fingerprint density at radius 1 is 1.14 bits per heavy atom. The van der Waals surface area contributed by atoms with Crippen molar-refractivity contribution in [2.45, 2.75) is 81.3 Å². The fourth-order valence-corrected chi connectivity index (χ4v) is 4.97. The van der Waals surface area contributed by atoms with Gasteiger partial charge in [0.1, 0.15) is 0 Å². The largest absolute Gasteiger partial charge is 0.376 e. The van der Waals surface area contributed by atoms with E-state index in [0.29, 0.717) is 11.8 Å². The summed E-state index contributed by atoms with van der Waals surface area (Å²) in [5.74, 6) is 3.80. The quantitative estimate of drug-likeness (QED) is 0.628. The molecule has 2 atom stereocenters. The Balaban J connectivity index is 1.35. The lowest BCUT2D eigenvalue weighted by Gasteiger charge is -2.31. The van der Waals surface area contributed by atoms with Crippen LogP contribution >= 0.6 is 11.8 Å². The lowest BCUT2D eigenvalue weighted by molar-refractivity contribution is 0.0951. The first-order valence-corrected chi connectivity index (χ1v) is 11.8. The molecule has 3 fully saturated rings. The van der Waals surface area contributed by atoms with E-state index in [4.69, 9.17) is 9.26 Å². The molecule has 5 rings (SSSR count). The first-order chi connectivity index (χ1) is 14.2. The van der Waals surface area contributed by atoms with Gasteiger partial charge in [0.15, 0.2) is 11.0 Å². The molecule has 0 amide bonds. The summed E-state index contributed by atoms with van der Waals surface area (Å²) in [5, 5.41) is 14.3. The van der Waals surface area contributed by atoms with E-state index in [1.807, 2.05) is 0 Å². The monoisotopic (exact) mass is 418 g/mol. The first-order valence-electron chi connectivity index (χ1n) is 11.0. The van der Waals surface area contributed by atoms with Gasteiger partial charge in [0.05, 0.1) is 17.9 Å². The van der Waals surface area contributed by atoms with Crippen molar-refractivity contribution in [2.75, 3.05) is 24.6 Å². The van der Waals surface area contributed by atoms with Crippen LogP contribution < -0.4 is 4.90 Å². The van der Waals surface area contributed by atoms with E-state index in [1.165, 1.54) is 25.7 Å². The van der Waals surface area contributed by atoms with E-state index in [2.05, 4.69) is 43.7 Å². The summed E-state index contributed by atoms with van der Waals surface area (Å²) in [5.41, 5.74) is 0. The molecule has 1 saturated carbocycles. The molecule has 4 heterocycles. The van der Waals surface area contributed by atoms with Gasteiger partial charge in [-0.25, -0.2) is 0 Å². The van der Waals surface area contributed by atoms with Gasteiger partial charge < -0.3 is 14.2 Å². The smallest absolute Gasteiger partial charge is 0.239 e. The van der Waals surface area contributed by atoms with Crippen molar-refractivity contribution in [1.82, 2.24) is 24.9 Å². The SMILES string of the molecule is CC1CCN(c2nnc(SC(C)c3nc(C4CC4)no3)n2CC2CCCO2)CC1. The van der Waals surface area contributed by atoms with Gasteiger partial charge in [0.25, 0.3) is 0 Å². The van der Waals surface area contributed by atoms with Crippen LogP contribution in [0.5, 0.6) is 0 Å². The summed E-state index contributed by atoms with van der Waals surface area (Å²) in [6.07, 6.45) is 7.24. The number of aromatic nitrogens is 5. The number of hydrogen-bond acceptors (Lipinski definition) is 8. The molecule has 0 bridgehead atoms. The minimum Gasteiger partial charge on any atom is -0.376 e. The van der Waals surface area contributed by atoms with E-state index >= 15 is 0 Å². The summed E-state index contributed by atoms with van der Waals surface area (Å²) >= 11 is 1.65. The molecule has 2 aromatic rings. The summed E-state index contributed by atoms with van der Waals surface area (Å²) in [6.45, 7) is 8.17. The maximum Gasteiger partial charge on any atom is 0.239 e. The molecule has 2 aliphatic heterocycles. The molecule has 2 aromatic heterocycles. The molecule has 2 unspecified atom stereocenters. The molecule has 9 heteroatoms. The lowest BCUT2D eigenvalue weighted by atomic mass is 10.00. The molecular weight excluding hydrogens is 388 g/mol. The average molecular weight is 419 g/mol. The van der Waals surface area contributed by atoms with Gasteiger partial charge >= 0.3 is 0 Å². The summed E-state index contributed by atoms with van der Waals surface area (Å²) in [6, 6.07) is 0. The zero-order chi connectivity index (χ0) is 19.8. The van der Waals surface area contributed by atoms with Gasteiger partial charge in [-0.3, -0.25) is 4.57 Å². The Hall–Kier alpha value is -1.61. The Morgan fingerprint density at radius 2 is 1.97 bits per heavy atom. The predicted molar refractivity (Wildman–Crippen MR) is 110 cm³/mol. The van der Waals surface area contributed by atoms with Crippen LogP contribution in [0, 0.1) is 5.92 Å². The predicted octanol–water partition coefficient (Wildman–Crippen LogP) is 3.81. The Morgan fingerprint density at radius 3 is 2.69 bits per heavy atom. The highest BCUT2D eigenvalue weighted by Crippen LogP contribution is 2.40. The maximum atomic E-state index is 5.92. The molecule has 0 aromatic carbocycles. The highest BCUT2D eigenvalue weighted by Gasteiger charge is 2.31. The molecule has 3 aliphatic rings. The van der Waals surface area contributed by atoms with E-state index in [-0.39, 0.29) is 11.4 Å². The summed E-state index contributed by atoms with van der Waals surface area (Å²) < 4.78 is 13.7. The van der Waals surface area contributed by atoms with Crippen molar-refractivity contribution < 1.29 is 9.26 Å². The number of nitrogens with zero attached hydrogens (tertiary/aromatic N) is 6. The van der Waals surface area contributed by atoms with Gasteiger partial charge in [-0.2, -0.15) is 4.98 Å². The van der Waals surface area contributed by atoms with E-state index < -0.39 is 0 Å². The zero-order valence-corrected chi connectivity index (χ0v) is 18.1. The van der Waals surface area contributed by atoms with Crippen LogP contribution in [-0.2, 0) is 11.3 Å². The molecule has 1 aliphatic carbocycles. The van der Waals surface area contributed by atoms with Crippen LogP contribution in [0.25, 0.3) is 0 Å². The molecule has 158 valence electrons. The minimum atomic E-state index is 0.0386. The van der Waals surface area contributed by atoms with Gasteiger partial charge in [0.2, 0.25) is 11.8 Å². The van der Waals surface area contributed by atoms with Crippen LogP contribution in [0.3, 0.4) is 0 Å². The van der Waals surface area contributed by atoms with Crippen LogP contribution in [-0.4, -0.2) is 50.7 Å². The molecule has 0 spiro atoms. The third kappa shape index (κ3) is 4.30.